The standard InChI is InChI=1S/C23H24N4O4S/c24-12-19-18-7-6-17(31-23(30)27-10-2-4-16(28)14-27)11-20(18)32-22(19)26-21(29)8-5-15-3-1-9-25-13-15/h1,3,5,8-9,13,16-17,28H,2,4,6-7,10-11,14H2,(H,26,29)/b8-5+. The predicted octanol–water partition coefficient (Wildman–Crippen LogP) is 3.12. The minimum absolute atomic E-state index is 0.284. The van der Waals surface area contributed by atoms with Crippen molar-refractivity contribution in [3.05, 3.63) is 52.2 Å². The minimum Gasteiger partial charge on any atom is -0.446 e. The molecule has 0 bridgehead atoms. The lowest BCUT2D eigenvalue weighted by Crippen LogP contribution is -2.44. The number of nitrogens with zero attached hydrogens (tertiary/aromatic N) is 3. The Morgan fingerprint density at radius 1 is 1.41 bits per heavy atom. The summed E-state index contributed by atoms with van der Waals surface area (Å²) in [5.41, 5.74) is 2.21. The van der Waals surface area contributed by atoms with E-state index in [0.29, 0.717) is 49.3 Å². The molecule has 0 aromatic carbocycles. The van der Waals surface area contributed by atoms with Crippen molar-refractivity contribution in [1.29, 1.82) is 5.26 Å². The number of pyridine rings is 1. The molecule has 2 amide bonds. The number of rotatable bonds is 4. The first kappa shape index (κ1) is 22.0. The van der Waals surface area contributed by atoms with Crippen LogP contribution >= 0.6 is 11.3 Å². The van der Waals surface area contributed by atoms with Crippen molar-refractivity contribution in [1.82, 2.24) is 9.88 Å². The van der Waals surface area contributed by atoms with E-state index in [9.17, 15) is 20.0 Å². The van der Waals surface area contributed by atoms with Gasteiger partial charge in [-0.3, -0.25) is 9.78 Å². The molecule has 1 aliphatic carbocycles. The molecule has 3 heterocycles. The zero-order chi connectivity index (χ0) is 22.5. The van der Waals surface area contributed by atoms with Gasteiger partial charge >= 0.3 is 6.09 Å². The van der Waals surface area contributed by atoms with E-state index in [4.69, 9.17) is 4.74 Å². The van der Waals surface area contributed by atoms with Gasteiger partial charge in [-0.1, -0.05) is 6.07 Å². The van der Waals surface area contributed by atoms with Gasteiger partial charge in [-0.15, -0.1) is 11.3 Å². The third-order valence-electron chi connectivity index (χ3n) is 5.60. The maximum Gasteiger partial charge on any atom is 0.410 e. The molecule has 166 valence electrons. The molecule has 2 unspecified atom stereocenters. The van der Waals surface area contributed by atoms with Crippen molar-refractivity contribution in [3.63, 3.8) is 0 Å². The molecule has 8 nitrogen and oxygen atoms in total. The van der Waals surface area contributed by atoms with Gasteiger partial charge in [0.1, 0.15) is 17.2 Å². The van der Waals surface area contributed by atoms with Crippen molar-refractivity contribution in [2.75, 3.05) is 18.4 Å². The molecule has 2 atom stereocenters. The molecular formula is C23H24N4O4S. The maximum absolute atomic E-state index is 12.5. The Labute approximate surface area is 190 Å². The fourth-order valence-corrected chi connectivity index (χ4v) is 5.27. The molecule has 0 saturated carbocycles. The number of hydrogen-bond donors (Lipinski definition) is 2. The number of amides is 2. The number of β-amino-alcohol motifs (C(OH)–C–C–N with tert-alkyl or cyclic N) is 1. The highest BCUT2D eigenvalue weighted by atomic mass is 32.1. The van der Waals surface area contributed by atoms with E-state index >= 15 is 0 Å². The highest BCUT2D eigenvalue weighted by Crippen LogP contribution is 2.38. The Hall–Kier alpha value is -3.22. The van der Waals surface area contributed by atoms with Gasteiger partial charge in [0.05, 0.1) is 11.7 Å². The van der Waals surface area contributed by atoms with Crippen LogP contribution in [-0.4, -0.2) is 52.3 Å². The number of thiophene rings is 1. The summed E-state index contributed by atoms with van der Waals surface area (Å²) in [4.78, 5) is 31.3. The lowest BCUT2D eigenvalue weighted by atomic mass is 9.94. The Morgan fingerprint density at radius 2 is 2.28 bits per heavy atom. The maximum atomic E-state index is 12.5. The highest BCUT2D eigenvalue weighted by Gasteiger charge is 2.30. The predicted molar refractivity (Wildman–Crippen MR) is 120 cm³/mol. The molecule has 1 aliphatic heterocycles. The number of fused-ring (bicyclic) bond motifs is 1. The summed E-state index contributed by atoms with van der Waals surface area (Å²) in [7, 11) is 0. The zero-order valence-corrected chi connectivity index (χ0v) is 18.3. The zero-order valence-electron chi connectivity index (χ0n) is 17.5. The number of piperidine rings is 1. The SMILES string of the molecule is N#Cc1c(NC(=O)/C=C/c2cccnc2)sc2c1CCC(OC(=O)N1CCCC(O)C1)C2. The fourth-order valence-electron chi connectivity index (χ4n) is 4.00. The van der Waals surface area contributed by atoms with Gasteiger partial charge in [-0.25, -0.2) is 4.79 Å². The molecule has 4 rings (SSSR count). The molecule has 2 aromatic rings. The van der Waals surface area contributed by atoms with Crippen LogP contribution in [0.5, 0.6) is 0 Å². The highest BCUT2D eigenvalue weighted by molar-refractivity contribution is 7.16. The van der Waals surface area contributed by atoms with E-state index in [-0.39, 0.29) is 12.0 Å². The lowest BCUT2D eigenvalue weighted by molar-refractivity contribution is -0.111. The second-order valence-electron chi connectivity index (χ2n) is 7.92. The molecule has 1 fully saturated rings. The van der Waals surface area contributed by atoms with E-state index < -0.39 is 12.2 Å². The van der Waals surface area contributed by atoms with Crippen LogP contribution in [0.2, 0.25) is 0 Å². The van der Waals surface area contributed by atoms with Crippen LogP contribution in [0, 0.1) is 11.3 Å². The first-order valence-electron chi connectivity index (χ1n) is 10.6. The Balaban J connectivity index is 1.40. The summed E-state index contributed by atoms with van der Waals surface area (Å²) < 4.78 is 5.68. The Bertz CT molecular complexity index is 1060. The van der Waals surface area contributed by atoms with Gasteiger partial charge in [0.25, 0.3) is 0 Å². The van der Waals surface area contributed by atoms with E-state index in [0.717, 1.165) is 22.4 Å². The van der Waals surface area contributed by atoms with Crippen molar-refractivity contribution < 1.29 is 19.4 Å². The summed E-state index contributed by atoms with van der Waals surface area (Å²) in [6, 6.07) is 5.84. The summed E-state index contributed by atoms with van der Waals surface area (Å²) >= 11 is 1.36. The van der Waals surface area contributed by atoms with Crippen LogP contribution in [0.4, 0.5) is 9.80 Å². The summed E-state index contributed by atoms with van der Waals surface area (Å²) in [5, 5.41) is 22.8. The number of ether oxygens (including phenoxy) is 1. The number of anilines is 1. The number of hydrogen-bond acceptors (Lipinski definition) is 7. The summed E-state index contributed by atoms with van der Waals surface area (Å²) in [5.74, 6) is -0.324. The molecule has 2 aliphatic rings. The first-order chi connectivity index (χ1) is 15.5. The van der Waals surface area contributed by atoms with Crippen LogP contribution in [0.1, 0.15) is 40.8 Å². The number of nitriles is 1. The molecule has 1 saturated heterocycles. The number of nitrogens with one attached hydrogen (secondary N) is 1. The molecule has 2 aromatic heterocycles. The second-order valence-corrected chi connectivity index (χ2v) is 9.02. The van der Waals surface area contributed by atoms with E-state index in [1.807, 2.05) is 6.07 Å². The van der Waals surface area contributed by atoms with E-state index in [2.05, 4.69) is 16.4 Å². The second kappa shape index (κ2) is 9.94. The average Bonchev–Trinajstić information content (AvgIpc) is 3.14. The van der Waals surface area contributed by atoms with Gasteiger partial charge in [-0.2, -0.15) is 5.26 Å². The quantitative estimate of drug-likeness (QED) is 0.689. The van der Waals surface area contributed by atoms with Gasteiger partial charge in [0.15, 0.2) is 0 Å². The van der Waals surface area contributed by atoms with E-state index in [1.54, 1.807) is 29.4 Å². The van der Waals surface area contributed by atoms with Crippen molar-refractivity contribution in [2.24, 2.45) is 0 Å². The lowest BCUT2D eigenvalue weighted by Gasteiger charge is -2.31. The van der Waals surface area contributed by atoms with Gasteiger partial charge in [0, 0.05) is 42.9 Å². The Kier molecular flexibility index (Phi) is 6.83. The monoisotopic (exact) mass is 452 g/mol. The number of likely N-dealkylation sites (tertiary alicyclic amines) is 1. The van der Waals surface area contributed by atoms with Crippen LogP contribution < -0.4 is 5.32 Å². The largest absolute Gasteiger partial charge is 0.446 e. The van der Waals surface area contributed by atoms with Crippen LogP contribution in [0.25, 0.3) is 6.08 Å². The van der Waals surface area contributed by atoms with Gasteiger partial charge < -0.3 is 20.1 Å². The Morgan fingerprint density at radius 3 is 3.03 bits per heavy atom. The molecule has 32 heavy (non-hydrogen) atoms. The minimum atomic E-state index is -0.497. The van der Waals surface area contributed by atoms with E-state index in [1.165, 1.54) is 17.4 Å². The number of aliphatic hydroxyl groups excluding tert-OH is 1. The fraction of sp³-hybridized carbons (Fsp3) is 0.391. The topological polar surface area (TPSA) is 116 Å². The van der Waals surface area contributed by atoms with Crippen LogP contribution in [0.15, 0.2) is 30.6 Å². The van der Waals surface area contributed by atoms with Crippen molar-refractivity contribution >= 4 is 34.4 Å². The van der Waals surface area contributed by atoms with Crippen molar-refractivity contribution in [2.45, 2.75) is 44.3 Å². The third kappa shape index (κ3) is 5.15. The number of aliphatic hydroxyl groups is 1. The smallest absolute Gasteiger partial charge is 0.410 e. The average molecular weight is 453 g/mol. The number of aromatic nitrogens is 1. The molecule has 9 heteroatoms. The molecule has 0 radical (unpaired) electrons. The molecule has 2 N–H and O–H groups in total. The summed E-state index contributed by atoms with van der Waals surface area (Å²) in [6.07, 6.45) is 8.41. The normalized spacial score (nSPS) is 20.4. The van der Waals surface area contributed by atoms with Gasteiger partial charge in [-0.05, 0) is 49.0 Å². The van der Waals surface area contributed by atoms with Crippen LogP contribution in [-0.2, 0) is 22.4 Å². The molecule has 0 spiro atoms. The van der Waals surface area contributed by atoms with Crippen LogP contribution in [0.3, 0.4) is 0 Å². The van der Waals surface area contributed by atoms with Crippen molar-refractivity contribution in [3.8, 4) is 6.07 Å². The third-order valence-corrected chi connectivity index (χ3v) is 6.77. The molecular weight excluding hydrogens is 428 g/mol. The first-order valence-corrected chi connectivity index (χ1v) is 11.4. The van der Waals surface area contributed by atoms with Gasteiger partial charge in [0.2, 0.25) is 5.91 Å². The number of carbonyl (C=O) groups excluding carboxylic acids is 2. The summed E-state index contributed by atoms with van der Waals surface area (Å²) in [6.45, 7) is 0.894. The number of carbonyl (C=O) groups is 2.